The van der Waals surface area contributed by atoms with E-state index in [9.17, 15) is 13.5 Å². The minimum atomic E-state index is -3.43. The number of fused-ring (bicyclic) bond motifs is 1. The molecule has 0 unspecified atom stereocenters. The molecular formula is C16H15NO3S2. The fourth-order valence-electron chi connectivity index (χ4n) is 2.40. The molecule has 0 aliphatic rings. The summed E-state index contributed by atoms with van der Waals surface area (Å²) in [6.07, 6.45) is 1.15. The van der Waals surface area contributed by atoms with E-state index in [4.69, 9.17) is 0 Å². The van der Waals surface area contributed by atoms with Crippen molar-refractivity contribution in [1.29, 1.82) is 0 Å². The van der Waals surface area contributed by atoms with Crippen molar-refractivity contribution in [3.8, 4) is 16.2 Å². The van der Waals surface area contributed by atoms with Crippen molar-refractivity contribution in [3.05, 3.63) is 47.8 Å². The van der Waals surface area contributed by atoms with Crippen molar-refractivity contribution < 1.29 is 13.5 Å². The largest absolute Gasteiger partial charge is 0.507 e. The highest BCUT2D eigenvalue weighted by Crippen LogP contribution is 2.45. The van der Waals surface area contributed by atoms with Gasteiger partial charge in [-0.3, -0.25) is 4.31 Å². The first-order valence-electron chi connectivity index (χ1n) is 6.62. The minimum Gasteiger partial charge on any atom is -0.507 e. The molecule has 3 aromatic rings. The van der Waals surface area contributed by atoms with Crippen LogP contribution in [0.4, 0.5) is 5.69 Å². The van der Waals surface area contributed by atoms with Crippen LogP contribution in [0.1, 0.15) is 0 Å². The Morgan fingerprint density at radius 1 is 1.14 bits per heavy atom. The van der Waals surface area contributed by atoms with E-state index in [0.717, 1.165) is 16.5 Å². The number of hydrogen-bond acceptors (Lipinski definition) is 4. The zero-order chi connectivity index (χ0) is 15.9. The molecule has 1 heterocycles. The van der Waals surface area contributed by atoms with E-state index in [2.05, 4.69) is 0 Å². The topological polar surface area (TPSA) is 57.6 Å². The Kier molecular flexibility index (Phi) is 3.58. The fraction of sp³-hybridized carbons (Fsp3) is 0.125. The van der Waals surface area contributed by atoms with Gasteiger partial charge in [0.2, 0.25) is 10.0 Å². The normalized spacial score (nSPS) is 11.7. The number of phenolic OH excluding ortho intramolecular Hbond substituents is 1. The van der Waals surface area contributed by atoms with Gasteiger partial charge in [0.25, 0.3) is 0 Å². The SMILES string of the molecule is CN(c1cc2ccccc2c(O)c1-c1cccs1)S(C)(=O)=O. The van der Waals surface area contributed by atoms with Gasteiger partial charge in [-0.1, -0.05) is 30.3 Å². The number of anilines is 1. The van der Waals surface area contributed by atoms with Gasteiger partial charge in [-0.15, -0.1) is 11.3 Å². The molecule has 0 saturated carbocycles. The van der Waals surface area contributed by atoms with E-state index >= 15 is 0 Å². The minimum absolute atomic E-state index is 0.103. The van der Waals surface area contributed by atoms with Crippen molar-refractivity contribution in [2.75, 3.05) is 17.6 Å². The third kappa shape index (κ3) is 2.44. The molecule has 0 fully saturated rings. The van der Waals surface area contributed by atoms with Crippen molar-refractivity contribution in [1.82, 2.24) is 0 Å². The molecule has 0 saturated heterocycles. The van der Waals surface area contributed by atoms with Gasteiger partial charge in [0.05, 0.1) is 17.5 Å². The molecule has 0 spiro atoms. The van der Waals surface area contributed by atoms with Crippen LogP contribution in [0.15, 0.2) is 47.8 Å². The van der Waals surface area contributed by atoms with Gasteiger partial charge in [0.1, 0.15) is 5.75 Å². The van der Waals surface area contributed by atoms with Crippen molar-refractivity contribution >= 4 is 37.8 Å². The lowest BCUT2D eigenvalue weighted by molar-refractivity contribution is 0.484. The van der Waals surface area contributed by atoms with Crippen LogP contribution in [0.3, 0.4) is 0 Å². The van der Waals surface area contributed by atoms with Crippen LogP contribution in [0.5, 0.6) is 5.75 Å². The first kappa shape index (κ1) is 14.9. The average Bonchev–Trinajstić information content (AvgIpc) is 2.99. The number of phenols is 1. The monoisotopic (exact) mass is 333 g/mol. The molecule has 0 aliphatic carbocycles. The Balaban J connectivity index is 2.41. The van der Waals surface area contributed by atoms with Crippen molar-refractivity contribution in [2.24, 2.45) is 0 Å². The number of nitrogens with zero attached hydrogens (tertiary/aromatic N) is 1. The van der Waals surface area contributed by atoms with Crippen molar-refractivity contribution in [3.63, 3.8) is 0 Å². The highest BCUT2D eigenvalue weighted by atomic mass is 32.2. The standard InChI is InChI=1S/C16H15NO3S2/c1-17(22(2,19)20)13-10-11-6-3-4-7-12(11)16(18)15(13)14-8-5-9-21-14/h3-10,18H,1-2H3. The number of sulfonamides is 1. The highest BCUT2D eigenvalue weighted by molar-refractivity contribution is 7.92. The van der Waals surface area contributed by atoms with E-state index in [1.165, 1.54) is 22.7 Å². The maximum atomic E-state index is 11.9. The fourth-order valence-corrected chi connectivity index (χ4v) is 3.69. The molecule has 3 rings (SSSR count). The lowest BCUT2D eigenvalue weighted by Gasteiger charge is -2.22. The third-order valence-corrected chi connectivity index (χ3v) is 5.68. The van der Waals surface area contributed by atoms with Gasteiger partial charge in [0.15, 0.2) is 0 Å². The Hall–Kier alpha value is -2.05. The summed E-state index contributed by atoms with van der Waals surface area (Å²) in [6.45, 7) is 0. The number of rotatable bonds is 3. The van der Waals surface area contributed by atoms with Crippen LogP contribution in [-0.2, 0) is 10.0 Å². The second kappa shape index (κ2) is 5.30. The molecule has 2 aromatic carbocycles. The van der Waals surface area contributed by atoms with Crippen LogP contribution >= 0.6 is 11.3 Å². The molecule has 0 radical (unpaired) electrons. The van der Waals surface area contributed by atoms with E-state index in [-0.39, 0.29) is 5.75 Å². The van der Waals surface area contributed by atoms with Gasteiger partial charge >= 0.3 is 0 Å². The average molecular weight is 333 g/mol. The lowest BCUT2D eigenvalue weighted by atomic mass is 10.0. The molecule has 22 heavy (non-hydrogen) atoms. The second-order valence-corrected chi connectivity index (χ2v) is 8.01. The molecule has 0 atom stereocenters. The van der Waals surface area contributed by atoms with Crippen LogP contribution < -0.4 is 4.31 Å². The van der Waals surface area contributed by atoms with Gasteiger partial charge in [-0.25, -0.2) is 8.42 Å². The number of thiophene rings is 1. The quantitative estimate of drug-likeness (QED) is 0.795. The summed E-state index contributed by atoms with van der Waals surface area (Å²) in [5.41, 5.74) is 1.02. The molecule has 0 amide bonds. The molecule has 0 aliphatic heterocycles. The van der Waals surface area contributed by atoms with Crippen LogP contribution in [0, 0.1) is 0 Å². The summed E-state index contributed by atoms with van der Waals surface area (Å²) >= 11 is 1.46. The summed E-state index contributed by atoms with van der Waals surface area (Å²) in [6, 6.07) is 12.9. The Labute approximate surface area is 133 Å². The van der Waals surface area contributed by atoms with Crippen molar-refractivity contribution in [2.45, 2.75) is 0 Å². The van der Waals surface area contributed by atoms with Gasteiger partial charge < -0.3 is 5.11 Å². The molecule has 6 heteroatoms. The summed E-state index contributed by atoms with van der Waals surface area (Å²) in [5, 5.41) is 14.1. The summed E-state index contributed by atoms with van der Waals surface area (Å²) in [5.74, 6) is 0.103. The molecule has 1 N–H and O–H groups in total. The number of benzene rings is 2. The number of aromatic hydroxyl groups is 1. The first-order chi connectivity index (χ1) is 10.4. The maximum absolute atomic E-state index is 11.9. The van der Waals surface area contributed by atoms with E-state index in [1.807, 2.05) is 41.8 Å². The Bertz CT molecular complexity index is 931. The predicted octanol–water partition coefficient (Wildman–Crippen LogP) is 3.67. The smallest absolute Gasteiger partial charge is 0.232 e. The molecule has 0 bridgehead atoms. The summed E-state index contributed by atoms with van der Waals surface area (Å²) in [4.78, 5) is 0.828. The summed E-state index contributed by atoms with van der Waals surface area (Å²) < 4.78 is 25.1. The van der Waals surface area contributed by atoms with E-state index < -0.39 is 10.0 Å². The van der Waals surface area contributed by atoms with E-state index in [1.54, 1.807) is 6.07 Å². The first-order valence-corrected chi connectivity index (χ1v) is 9.35. The number of hydrogen-bond donors (Lipinski definition) is 1. The zero-order valence-corrected chi connectivity index (χ0v) is 13.8. The molecule has 114 valence electrons. The van der Waals surface area contributed by atoms with Gasteiger partial charge in [0, 0.05) is 17.3 Å². The Morgan fingerprint density at radius 3 is 2.50 bits per heavy atom. The van der Waals surface area contributed by atoms with Gasteiger partial charge in [-0.05, 0) is 22.9 Å². The van der Waals surface area contributed by atoms with E-state index in [0.29, 0.717) is 16.6 Å². The lowest BCUT2D eigenvalue weighted by Crippen LogP contribution is -2.25. The molecular weight excluding hydrogens is 318 g/mol. The predicted molar refractivity (Wildman–Crippen MR) is 92.2 cm³/mol. The van der Waals surface area contributed by atoms with Crippen LogP contribution in [0.2, 0.25) is 0 Å². The molecule has 1 aromatic heterocycles. The third-order valence-electron chi connectivity index (χ3n) is 3.61. The highest BCUT2D eigenvalue weighted by Gasteiger charge is 2.22. The molecule has 4 nitrogen and oxygen atoms in total. The maximum Gasteiger partial charge on any atom is 0.232 e. The van der Waals surface area contributed by atoms with Crippen LogP contribution in [-0.4, -0.2) is 26.8 Å². The zero-order valence-electron chi connectivity index (χ0n) is 12.1. The Morgan fingerprint density at radius 2 is 1.86 bits per heavy atom. The summed E-state index contributed by atoms with van der Waals surface area (Å²) in [7, 11) is -1.93. The van der Waals surface area contributed by atoms with Gasteiger partial charge in [-0.2, -0.15) is 0 Å². The van der Waals surface area contributed by atoms with Crippen LogP contribution in [0.25, 0.3) is 21.2 Å². The second-order valence-electron chi connectivity index (χ2n) is 5.05.